The molecule has 0 spiro atoms. The number of cyclic esters (lactones) is 1. The number of ether oxygens (including phenoxy) is 2. The maximum absolute atomic E-state index is 13.0. The SMILES string of the molecule is C=C(OC(C(F)(F)F)C(F)(F)F)C12CC([C@@H](O)C(C)(C)CCC)CC1C(C)OC2=O. The van der Waals surface area contributed by atoms with E-state index in [9.17, 15) is 36.2 Å². The molecule has 1 saturated heterocycles. The van der Waals surface area contributed by atoms with Gasteiger partial charge in [0.25, 0.3) is 6.10 Å². The molecule has 1 heterocycles. The van der Waals surface area contributed by atoms with Gasteiger partial charge in [0, 0.05) is 5.92 Å². The van der Waals surface area contributed by atoms with E-state index in [0.717, 1.165) is 6.42 Å². The van der Waals surface area contributed by atoms with Crippen molar-refractivity contribution in [2.45, 2.75) is 84.0 Å². The smallest absolute Gasteiger partial charge is 0.434 e. The molecule has 0 aromatic carbocycles. The van der Waals surface area contributed by atoms with Crippen LogP contribution in [0.25, 0.3) is 0 Å². The summed E-state index contributed by atoms with van der Waals surface area (Å²) >= 11 is 0. The molecule has 1 saturated carbocycles. The molecule has 2 fully saturated rings. The molecule has 0 aromatic rings. The molecule has 1 aliphatic carbocycles. The molecule has 0 aromatic heterocycles. The lowest BCUT2D eigenvalue weighted by Gasteiger charge is -2.36. The molecular weight excluding hydrogens is 418 g/mol. The van der Waals surface area contributed by atoms with Gasteiger partial charge in [-0.1, -0.05) is 33.8 Å². The summed E-state index contributed by atoms with van der Waals surface area (Å²) in [6, 6.07) is 0. The number of fused-ring (bicyclic) bond motifs is 1. The molecule has 0 radical (unpaired) electrons. The zero-order chi connectivity index (χ0) is 23.3. The number of hydrogen-bond donors (Lipinski definition) is 1. The summed E-state index contributed by atoms with van der Waals surface area (Å²) in [6.07, 6.45) is -15.8. The monoisotopic (exact) mass is 446 g/mol. The Hall–Kier alpha value is -1.45. The first-order valence-electron chi connectivity index (χ1n) is 9.87. The predicted octanol–water partition coefficient (Wildman–Crippen LogP) is 5.16. The minimum absolute atomic E-state index is 0.184. The van der Waals surface area contributed by atoms with Crippen molar-refractivity contribution in [2.75, 3.05) is 0 Å². The van der Waals surface area contributed by atoms with Crippen molar-refractivity contribution in [3.05, 3.63) is 12.3 Å². The highest BCUT2D eigenvalue weighted by Crippen LogP contribution is 2.60. The number of carbonyl (C=O) groups is 1. The molecule has 2 aliphatic rings. The normalized spacial score (nSPS) is 30.9. The van der Waals surface area contributed by atoms with Gasteiger partial charge in [0.05, 0.1) is 6.10 Å². The zero-order valence-corrected chi connectivity index (χ0v) is 17.4. The van der Waals surface area contributed by atoms with Gasteiger partial charge in [-0.2, -0.15) is 26.3 Å². The third-order valence-electron chi connectivity index (χ3n) is 6.49. The summed E-state index contributed by atoms with van der Waals surface area (Å²) in [6.45, 7) is 10.4. The molecule has 0 amide bonds. The number of carbonyl (C=O) groups excluding carboxylic acids is 1. The van der Waals surface area contributed by atoms with Crippen molar-refractivity contribution < 1.29 is 45.7 Å². The summed E-state index contributed by atoms with van der Waals surface area (Å²) < 4.78 is 87.4. The highest BCUT2D eigenvalue weighted by atomic mass is 19.4. The summed E-state index contributed by atoms with van der Waals surface area (Å²) in [7, 11) is 0. The van der Waals surface area contributed by atoms with E-state index >= 15 is 0 Å². The van der Waals surface area contributed by atoms with Crippen LogP contribution < -0.4 is 0 Å². The molecular formula is C20H28F6O4. The third kappa shape index (κ3) is 4.29. The molecule has 1 aliphatic heterocycles. The summed E-state index contributed by atoms with van der Waals surface area (Å²) in [4.78, 5) is 12.6. The summed E-state index contributed by atoms with van der Waals surface area (Å²) in [5, 5.41) is 10.9. The van der Waals surface area contributed by atoms with Crippen LogP contribution >= 0.6 is 0 Å². The van der Waals surface area contributed by atoms with Gasteiger partial charge in [0.15, 0.2) is 0 Å². The van der Waals surface area contributed by atoms with Crippen molar-refractivity contribution in [1.29, 1.82) is 0 Å². The molecule has 4 unspecified atom stereocenters. The van der Waals surface area contributed by atoms with Crippen molar-refractivity contribution in [3.8, 4) is 0 Å². The first kappa shape index (κ1) is 24.8. The lowest BCUT2D eigenvalue weighted by Crippen LogP contribution is -2.46. The Bertz CT molecular complexity index is 657. The van der Waals surface area contributed by atoms with Crippen LogP contribution in [-0.4, -0.2) is 41.7 Å². The van der Waals surface area contributed by atoms with E-state index in [0.29, 0.717) is 6.42 Å². The minimum atomic E-state index is -5.73. The van der Waals surface area contributed by atoms with Gasteiger partial charge in [0.1, 0.15) is 17.3 Å². The first-order chi connectivity index (χ1) is 13.5. The molecule has 10 heteroatoms. The number of halogens is 6. The highest BCUT2D eigenvalue weighted by molar-refractivity contribution is 5.83. The van der Waals surface area contributed by atoms with E-state index in [-0.39, 0.29) is 12.8 Å². The first-order valence-corrected chi connectivity index (χ1v) is 9.87. The van der Waals surface area contributed by atoms with Crippen LogP contribution in [-0.2, 0) is 14.3 Å². The Labute approximate surface area is 171 Å². The van der Waals surface area contributed by atoms with Gasteiger partial charge in [0.2, 0.25) is 0 Å². The van der Waals surface area contributed by atoms with Crippen molar-refractivity contribution >= 4 is 5.97 Å². The van der Waals surface area contributed by atoms with Crippen molar-refractivity contribution in [1.82, 2.24) is 0 Å². The van der Waals surface area contributed by atoms with Crippen molar-refractivity contribution in [2.24, 2.45) is 22.7 Å². The molecule has 5 atom stereocenters. The lowest BCUT2D eigenvalue weighted by atomic mass is 9.74. The fourth-order valence-corrected chi connectivity index (χ4v) is 5.03. The predicted molar refractivity (Wildman–Crippen MR) is 95.0 cm³/mol. The van der Waals surface area contributed by atoms with Crippen LogP contribution in [0.3, 0.4) is 0 Å². The molecule has 1 N–H and O–H groups in total. The van der Waals surface area contributed by atoms with Crippen molar-refractivity contribution in [3.63, 3.8) is 0 Å². The van der Waals surface area contributed by atoms with Crippen LogP contribution in [0.1, 0.15) is 53.4 Å². The average Bonchev–Trinajstić information content (AvgIpc) is 3.07. The average molecular weight is 446 g/mol. The maximum Gasteiger partial charge on any atom is 0.434 e. The Morgan fingerprint density at radius 2 is 1.80 bits per heavy atom. The van der Waals surface area contributed by atoms with Crippen LogP contribution in [0.2, 0.25) is 0 Å². The fraction of sp³-hybridized carbons (Fsp3) is 0.850. The summed E-state index contributed by atoms with van der Waals surface area (Å²) in [5.41, 5.74) is -2.41. The van der Waals surface area contributed by atoms with Gasteiger partial charge in [-0.15, -0.1) is 0 Å². The second-order valence-corrected chi connectivity index (χ2v) is 9.08. The van der Waals surface area contributed by atoms with Crippen LogP contribution in [0.5, 0.6) is 0 Å². The van der Waals surface area contributed by atoms with Gasteiger partial charge >= 0.3 is 18.3 Å². The fourth-order valence-electron chi connectivity index (χ4n) is 5.03. The second-order valence-electron chi connectivity index (χ2n) is 9.08. The van der Waals surface area contributed by atoms with Crippen LogP contribution in [0, 0.1) is 22.7 Å². The quantitative estimate of drug-likeness (QED) is 0.334. The topological polar surface area (TPSA) is 55.8 Å². The minimum Gasteiger partial charge on any atom is -0.475 e. The third-order valence-corrected chi connectivity index (χ3v) is 6.49. The number of alkyl halides is 6. The summed E-state index contributed by atoms with van der Waals surface area (Å²) in [5.74, 6) is -3.14. The molecule has 2 rings (SSSR count). The zero-order valence-electron chi connectivity index (χ0n) is 17.4. The van der Waals surface area contributed by atoms with Gasteiger partial charge in [-0.25, -0.2) is 0 Å². The Morgan fingerprint density at radius 3 is 2.27 bits per heavy atom. The highest BCUT2D eigenvalue weighted by Gasteiger charge is 2.67. The van der Waals surface area contributed by atoms with E-state index < -0.39 is 65.1 Å². The van der Waals surface area contributed by atoms with Gasteiger partial charge < -0.3 is 14.6 Å². The van der Waals surface area contributed by atoms with Crippen LogP contribution in [0.4, 0.5) is 26.3 Å². The maximum atomic E-state index is 13.0. The van der Waals surface area contributed by atoms with E-state index in [1.807, 2.05) is 20.8 Å². The number of rotatable bonds is 7. The van der Waals surface area contributed by atoms with E-state index in [1.54, 1.807) is 0 Å². The molecule has 174 valence electrons. The number of hydrogen-bond acceptors (Lipinski definition) is 4. The van der Waals surface area contributed by atoms with E-state index in [2.05, 4.69) is 11.3 Å². The number of aliphatic hydroxyl groups excluding tert-OH is 1. The van der Waals surface area contributed by atoms with E-state index in [4.69, 9.17) is 4.74 Å². The van der Waals surface area contributed by atoms with Gasteiger partial charge in [-0.3, -0.25) is 4.79 Å². The Balaban J connectivity index is 2.37. The van der Waals surface area contributed by atoms with Gasteiger partial charge in [-0.05, 0) is 37.5 Å². The molecule has 30 heavy (non-hydrogen) atoms. The Morgan fingerprint density at radius 1 is 1.27 bits per heavy atom. The molecule has 0 bridgehead atoms. The van der Waals surface area contributed by atoms with E-state index in [1.165, 1.54) is 6.92 Å². The molecule has 4 nitrogen and oxygen atoms in total. The standard InChI is InChI=1S/C20H28F6O4/c1-6-7-17(4,5)14(27)12-8-13-10(2)29-16(28)18(13,9-12)11(3)30-15(19(21,22)23)20(24,25)26/h10,12-15,27H,3,6-9H2,1-2,4-5H3/t10?,12?,13?,14-,18?/m1/s1. The van der Waals surface area contributed by atoms with Crippen LogP contribution in [0.15, 0.2) is 12.3 Å². The number of aliphatic hydroxyl groups is 1. The largest absolute Gasteiger partial charge is 0.475 e. The number of esters is 1. The Kier molecular flexibility index (Phi) is 6.54. The second kappa shape index (κ2) is 7.91. The lowest BCUT2D eigenvalue weighted by molar-refractivity contribution is -0.315.